The Kier molecular flexibility index (Phi) is 4.75. The summed E-state index contributed by atoms with van der Waals surface area (Å²) in [5.41, 5.74) is 8.04. The van der Waals surface area contributed by atoms with Crippen molar-refractivity contribution in [2.24, 2.45) is 5.73 Å². The first-order valence-electron chi connectivity index (χ1n) is 6.96. The topological polar surface area (TPSA) is 101 Å². The predicted octanol–water partition coefficient (Wildman–Crippen LogP) is 1.98. The summed E-state index contributed by atoms with van der Waals surface area (Å²) < 4.78 is 0. The van der Waals surface area contributed by atoms with E-state index in [4.69, 9.17) is 5.73 Å². The number of benzene rings is 2. The van der Waals surface area contributed by atoms with E-state index in [1.54, 1.807) is 24.3 Å². The second-order valence-electron chi connectivity index (χ2n) is 5.19. The van der Waals surface area contributed by atoms with Crippen LogP contribution in [0.3, 0.4) is 0 Å². The highest BCUT2D eigenvalue weighted by Crippen LogP contribution is 2.16. The number of hydrogen-bond acceptors (Lipinski definition) is 3. The summed E-state index contributed by atoms with van der Waals surface area (Å²) in [5, 5.41) is 4.91. The number of aryl methyl sites for hydroxylation is 2. The lowest BCUT2D eigenvalue weighted by Gasteiger charge is -2.10. The highest BCUT2D eigenvalue weighted by Gasteiger charge is 2.17. The van der Waals surface area contributed by atoms with Gasteiger partial charge in [0.05, 0.1) is 11.3 Å². The van der Waals surface area contributed by atoms with E-state index in [0.29, 0.717) is 5.69 Å². The van der Waals surface area contributed by atoms with E-state index in [-0.39, 0.29) is 11.3 Å². The maximum Gasteiger partial charge on any atom is 0.314 e. The number of carbonyl (C=O) groups excluding carboxylic acids is 3. The van der Waals surface area contributed by atoms with Gasteiger partial charge in [-0.25, -0.2) is 0 Å². The van der Waals surface area contributed by atoms with Crippen LogP contribution in [0, 0.1) is 13.8 Å². The molecule has 0 atom stereocenters. The maximum atomic E-state index is 12.0. The number of carbonyl (C=O) groups is 3. The summed E-state index contributed by atoms with van der Waals surface area (Å²) in [7, 11) is 0. The van der Waals surface area contributed by atoms with Crippen molar-refractivity contribution in [3.63, 3.8) is 0 Å². The minimum absolute atomic E-state index is 0.139. The number of anilines is 2. The number of hydrogen-bond donors (Lipinski definition) is 3. The van der Waals surface area contributed by atoms with Crippen LogP contribution in [0.15, 0.2) is 42.5 Å². The van der Waals surface area contributed by atoms with Crippen molar-refractivity contribution in [1.82, 2.24) is 0 Å². The van der Waals surface area contributed by atoms with Crippen LogP contribution in [0.2, 0.25) is 0 Å². The standard InChI is InChI=1S/C17H17N3O3/c1-10-7-11(2)9-12(8-10)19-16(22)17(23)20-14-6-4-3-5-13(14)15(18)21/h3-9H,1-2H3,(H2,18,21)(H,19,22)(H,20,23). The molecule has 0 spiro atoms. The lowest BCUT2D eigenvalue weighted by atomic mass is 10.1. The minimum atomic E-state index is -0.877. The van der Waals surface area contributed by atoms with Crippen molar-refractivity contribution in [3.8, 4) is 0 Å². The Balaban J connectivity index is 2.12. The summed E-state index contributed by atoms with van der Waals surface area (Å²) in [6.07, 6.45) is 0. The third-order valence-corrected chi connectivity index (χ3v) is 3.13. The summed E-state index contributed by atoms with van der Waals surface area (Å²) in [6, 6.07) is 11.7. The fourth-order valence-electron chi connectivity index (χ4n) is 2.22. The van der Waals surface area contributed by atoms with Gasteiger partial charge in [0.2, 0.25) is 0 Å². The fourth-order valence-corrected chi connectivity index (χ4v) is 2.22. The van der Waals surface area contributed by atoms with Crippen LogP contribution in [0.25, 0.3) is 0 Å². The maximum absolute atomic E-state index is 12.0. The van der Waals surface area contributed by atoms with Gasteiger partial charge in [-0.15, -0.1) is 0 Å². The Morgan fingerprint density at radius 3 is 2.04 bits per heavy atom. The Morgan fingerprint density at radius 2 is 1.43 bits per heavy atom. The first-order chi connectivity index (χ1) is 10.9. The van der Waals surface area contributed by atoms with E-state index in [0.717, 1.165) is 11.1 Å². The van der Waals surface area contributed by atoms with Crippen molar-refractivity contribution < 1.29 is 14.4 Å². The molecule has 0 aliphatic rings. The van der Waals surface area contributed by atoms with Crippen LogP contribution in [0.1, 0.15) is 21.5 Å². The zero-order valence-corrected chi connectivity index (χ0v) is 12.8. The first-order valence-corrected chi connectivity index (χ1v) is 6.96. The van der Waals surface area contributed by atoms with Crippen LogP contribution in [-0.2, 0) is 9.59 Å². The summed E-state index contributed by atoms with van der Waals surface area (Å²) in [5.74, 6) is -2.39. The third kappa shape index (κ3) is 4.16. The molecule has 0 saturated heterocycles. The van der Waals surface area contributed by atoms with E-state index < -0.39 is 17.7 Å². The van der Waals surface area contributed by atoms with Crippen LogP contribution >= 0.6 is 0 Å². The second-order valence-corrected chi connectivity index (χ2v) is 5.19. The molecule has 2 aromatic carbocycles. The molecule has 23 heavy (non-hydrogen) atoms. The molecule has 2 rings (SSSR count). The normalized spacial score (nSPS) is 10.0. The molecule has 0 aliphatic carbocycles. The Labute approximate surface area is 133 Å². The van der Waals surface area contributed by atoms with Gasteiger partial charge < -0.3 is 16.4 Å². The lowest BCUT2D eigenvalue weighted by Crippen LogP contribution is -2.30. The smallest absolute Gasteiger partial charge is 0.314 e. The van der Waals surface area contributed by atoms with Gasteiger partial charge in [0.15, 0.2) is 0 Å². The summed E-state index contributed by atoms with van der Waals surface area (Å²) in [4.78, 5) is 35.3. The molecular weight excluding hydrogens is 294 g/mol. The van der Waals surface area contributed by atoms with E-state index in [1.807, 2.05) is 19.9 Å². The van der Waals surface area contributed by atoms with Gasteiger partial charge in [0.25, 0.3) is 5.91 Å². The molecule has 0 bridgehead atoms. The zero-order valence-electron chi connectivity index (χ0n) is 12.8. The van der Waals surface area contributed by atoms with Gasteiger partial charge in [-0.2, -0.15) is 0 Å². The molecule has 0 fully saturated rings. The van der Waals surface area contributed by atoms with Crippen molar-refractivity contribution in [2.45, 2.75) is 13.8 Å². The van der Waals surface area contributed by atoms with Crippen LogP contribution in [0.4, 0.5) is 11.4 Å². The van der Waals surface area contributed by atoms with Gasteiger partial charge in [0, 0.05) is 5.69 Å². The molecule has 0 saturated carbocycles. The van der Waals surface area contributed by atoms with E-state index in [9.17, 15) is 14.4 Å². The van der Waals surface area contributed by atoms with Crippen molar-refractivity contribution in [3.05, 3.63) is 59.2 Å². The highest BCUT2D eigenvalue weighted by molar-refractivity contribution is 6.44. The quantitative estimate of drug-likeness (QED) is 0.755. The molecule has 3 amide bonds. The molecule has 4 N–H and O–H groups in total. The third-order valence-electron chi connectivity index (χ3n) is 3.13. The van der Waals surface area contributed by atoms with E-state index in [1.165, 1.54) is 12.1 Å². The summed E-state index contributed by atoms with van der Waals surface area (Å²) >= 11 is 0. The number of amides is 3. The number of nitrogens with two attached hydrogens (primary N) is 1. The number of para-hydroxylation sites is 1. The summed E-state index contributed by atoms with van der Waals surface area (Å²) in [6.45, 7) is 3.79. The van der Waals surface area contributed by atoms with Gasteiger partial charge in [-0.1, -0.05) is 18.2 Å². The molecular formula is C17H17N3O3. The molecule has 118 valence electrons. The Bertz CT molecular complexity index is 764. The second kappa shape index (κ2) is 6.74. The zero-order chi connectivity index (χ0) is 17.0. The molecule has 0 aromatic heterocycles. The fraction of sp³-hybridized carbons (Fsp3) is 0.118. The van der Waals surface area contributed by atoms with Gasteiger partial charge in [-0.05, 0) is 49.2 Å². The average molecular weight is 311 g/mol. The van der Waals surface area contributed by atoms with Crippen LogP contribution in [0.5, 0.6) is 0 Å². The number of nitrogens with one attached hydrogen (secondary N) is 2. The number of primary amides is 1. The van der Waals surface area contributed by atoms with Gasteiger partial charge >= 0.3 is 11.8 Å². The van der Waals surface area contributed by atoms with Crippen molar-refractivity contribution >= 4 is 29.1 Å². The molecule has 0 unspecified atom stereocenters. The van der Waals surface area contributed by atoms with E-state index in [2.05, 4.69) is 10.6 Å². The van der Waals surface area contributed by atoms with Gasteiger partial charge in [-0.3, -0.25) is 14.4 Å². The van der Waals surface area contributed by atoms with Crippen LogP contribution in [-0.4, -0.2) is 17.7 Å². The first kappa shape index (κ1) is 16.2. The monoisotopic (exact) mass is 311 g/mol. The molecule has 0 heterocycles. The van der Waals surface area contributed by atoms with Gasteiger partial charge in [0.1, 0.15) is 0 Å². The SMILES string of the molecule is Cc1cc(C)cc(NC(=O)C(=O)Nc2ccccc2C(N)=O)c1. The number of rotatable bonds is 3. The molecule has 2 aromatic rings. The largest absolute Gasteiger partial charge is 0.366 e. The minimum Gasteiger partial charge on any atom is -0.366 e. The van der Waals surface area contributed by atoms with Crippen molar-refractivity contribution in [1.29, 1.82) is 0 Å². The lowest BCUT2D eigenvalue weighted by molar-refractivity contribution is -0.133. The Hall–Kier alpha value is -3.15. The van der Waals surface area contributed by atoms with E-state index >= 15 is 0 Å². The predicted molar refractivity (Wildman–Crippen MR) is 88.1 cm³/mol. The van der Waals surface area contributed by atoms with Crippen LogP contribution < -0.4 is 16.4 Å². The molecule has 0 radical (unpaired) electrons. The molecule has 6 nitrogen and oxygen atoms in total. The van der Waals surface area contributed by atoms with Crippen molar-refractivity contribution in [2.75, 3.05) is 10.6 Å². The Morgan fingerprint density at radius 1 is 0.870 bits per heavy atom. The molecule has 0 aliphatic heterocycles. The highest BCUT2D eigenvalue weighted by atomic mass is 16.2. The average Bonchev–Trinajstić information content (AvgIpc) is 2.46. The molecule has 6 heteroatoms.